The third-order valence-electron chi connectivity index (χ3n) is 7.31. The maximum absolute atomic E-state index is 14.1. The summed E-state index contributed by atoms with van der Waals surface area (Å²) in [6, 6.07) is 8.61. The number of unbranched alkanes of at least 4 members (excludes halogenated alkanes) is 1. The van der Waals surface area contributed by atoms with Gasteiger partial charge >= 0.3 is 5.97 Å². The van der Waals surface area contributed by atoms with Crippen LogP contribution in [0.3, 0.4) is 0 Å². The standard InChI is InChI=1S/C27H33BrN2O6/c1-3-5-9-15-35-26(34)20-21-24(32)30(13-14-31)23(27(21)16-19(28)22(20)36-27)25(33)29(12-4-2)17-18-10-7-6-8-11-18/h3-4,6-8,10-11,19-23,31H,1-2,5,9,12-17H2/t19?,20-,21-,22-,23?,27?/m0/s1. The number of esters is 1. The molecule has 0 aromatic heterocycles. The van der Waals surface area contributed by atoms with Gasteiger partial charge in [0.15, 0.2) is 0 Å². The number of aliphatic hydroxyl groups is 1. The van der Waals surface area contributed by atoms with Crippen molar-refractivity contribution in [2.24, 2.45) is 11.8 Å². The van der Waals surface area contributed by atoms with E-state index < -0.39 is 35.6 Å². The topological polar surface area (TPSA) is 96.4 Å². The zero-order chi connectivity index (χ0) is 25.9. The number of hydrogen-bond acceptors (Lipinski definition) is 6. The molecule has 3 aliphatic rings. The van der Waals surface area contributed by atoms with E-state index >= 15 is 0 Å². The van der Waals surface area contributed by atoms with Crippen molar-refractivity contribution in [1.29, 1.82) is 0 Å². The summed E-state index contributed by atoms with van der Waals surface area (Å²) in [5.74, 6) is -2.79. The largest absolute Gasteiger partial charge is 0.465 e. The van der Waals surface area contributed by atoms with Gasteiger partial charge in [0.1, 0.15) is 11.6 Å². The SMILES string of the molecule is C=CCCCOC(=O)[C@H]1[C@H]2C(=O)N(CCO)C(C(=O)N(CC=C)Cc3ccccc3)C23CC(Br)[C@@H]1O3. The number of β-amino-alcohol motifs (C(OH)–C–C–N with tert-alkyl or cyclic N) is 1. The third kappa shape index (κ3) is 4.64. The van der Waals surface area contributed by atoms with Crippen LogP contribution in [-0.2, 0) is 30.4 Å². The van der Waals surface area contributed by atoms with Crippen LogP contribution in [0.5, 0.6) is 0 Å². The normalized spacial score (nSPS) is 30.2. The van der Waals surface area contributed by atoms with Crippen molar-refractivity contribution in [3.8, 4) is 0 Å². The van der Waals surface area contributed by atoms with Gasteiger partial charge in [-0.05, 0) is 24.8 Å². The van der Waals surface area contributed by atoms with Crippen LogP contribution in [0.25, 0.3) is 0 Å². The van der Waals surface area contributed by atoms with Gasteiger partial charge in [0.2, 0.25) is 11.8 Å². The van der Waals surface area contributed by atoms with Gasteiger partial charge in [-0.3, -0.25) is 14.4 Å². The summed E-state index contributed by atoms with van der Waals surface area (Å²) in [5.41, 5.74) is -0.237. The number of alkyl halides is 1. The smallest absolute Gasteiger partial charge is 0.312 e. The number of ether oxygens (including phenoxy) is 2. The first kappa shape index (κ1) is 26.6. The second kappa shape index (κ2) is 11.3. The Morgan fingerprint density at radius 1 is 1.28 bits per heavy atom. The quantitative estimate of drug-likeness (QED) is 0.182. The van der Waals surface area contributed by atoms with Crippen LogP contribution in [-0.4, -0.2) is 81.6 Å². The zero-order valence-electron chi connectivity index (χ0n) is 20.3. The molecule has 1 aromatic carbocycles. The maximum atomic E-state index is 14.1. The van der Waals surface area contributed by atoms with Crippen molar-refractivity contribution in [1.82, 2.24) is 9.80 Å². The van der Waals surface area contributed by atoms with Crippen molar-refractivity contribution in [2.45, 2.75) is 48.4 Å². The van der Waals surface area contributed by atoms with Crippen molar-refractivity contribution in [3.05, 3.63) is 61.2 Å². The summed E-state index contributed by atoms with van der Waals surface area (Å²) in [6.07, 6.45) is 4.59. The minimum absolute atomic E-state index is 0.0250. The molecule has 8 nitrogen and oxygen atoms in total. The maximum Gasteiger partial charge on any atom is 0.312 e. The molecule has 3 saturated heterocycles. The van der Waals surface area contributed by atoms with E-state index in [1.54, 1.807) is 17.1 Å². The monoisotopic (exact) mass is 560 g/mol. The van der Waals surface area contributed by atoms with Gasteiger partial charge < -0.3 is 24.4 Å². The van der Waals surface area contributed by atoms with Crippen LogP contribution in [0.15, 0.2) is 55.6 Å². The number of carbonyl (C=O) groups is 3. The number of rotatable bonds is 12. The Labute approximate surface area is 220 Å². The first-order valence-electron chi connectivity index (χ1n) is 12.3. The molecule has 1 spiro atoms. The predicted octanol–water partition coefficient (Wildman–Crippen LogP) is 2.45. The van der Waals surface area contributed by atoms with Crippen LogP contribution >= 0.6 is 15.9 Å². The molecule has 4 rings (SSSR count). The van der Waals surface area contributed by atoms with E-state index in [1.807, 2.05) is 30.3 Å². The van der Waals surface area contributed by atoms with Crippen LogP contribution in [0, 0.1) is 11.8 Å². The molecule has 3 heterocycles. The van der Waals surface area contributed by atoms with Crippen molar-refractivity contribution in [2.75, 3.05) is 26.3 Å². The van der Waals surface area contributed by atoms with Gasteiger partial charge in [-0.2, -0.15) is 0 Å². The lowest BCUT2D eigenvalue weighted by Crippen LogP contribution is -2.56. The second-order valence-corrected chi connectivity index (χ2v) is 10.7. The number of carbonyl (C=O) groups excluding carboxylic acids is 3. The zero-order valence-corrected chi connectivity index (χ0v) is 21.8. The van der Waals surface area contributed by atoms with Gasteiger partial charge in [-0.15, -0.1) is 13.2 Å². The predicted molar refractivity (Wildman–Crippen MR) is 137 cm³/mol. The molecule has 3 unspecified atom stereocenters. The molecule has 2 bridgehead atoms. The van der Waals surface area contributed by atoms with Gasteiger partial charge in [-0.25, -0.2) is 0 Å². The van der Waals surface area contributed by atoms with Crippen LogP contribution in [0.4, 0.5) is 0 Å². The first-order chi connectivity index (χ1) is 17.4. The summed E-state index contributed by atoms with van der Waals surface area (Å²) < 4.78 is 12.0. The summed E-state index contributed by atoms with van der Waals surface area (Å²) >= 11 is 3.64. The molecule has 0 aliphatic carbocycles. The Bertz CT molecular complexity index is 1000. The summed E-state index contributed by atoms with van der Waals surface area (Å²) in [6.45, 7) is 7.98. The first-order valence-corrected chi connectivity index (χ1v) is 13.3. The molecular formula is C27H33BrN2O6. The van der Waals surface area contributed by atoms with E-state index in [2.05, 4.69) is 29.1 Å². The van der Waals surface area contributed by atoms with Gasteiger partial charge in [-0.1, -0.05) is 58.4 Å². The minimum atomic E-state index is -1.18. The highest BCUT2D eigenvalue weighted by molar-refractivity contribution is 9.09. The molecule has 1 N–H and O–H groups in total. The molecule has 9 heteroatoms. The second-order valence-electron chi connectivity index (χ2n) is 9.51. The molecule has 2 amide bonds. The summed E-state index contributed by atoms with van der Waals surface area (Å²) in [5, 5.41) is 9.76. The van der Waals surface area contributed by atoms with Gasteiger partial charge in [0.05, 0.1) is 31.2 Å². The average Bonchev–Trinajstić information content (AvgIpc) is 3.46. The number of amides is 2. The molecule has 6 atom stereocenters. The molecule has 3 fully saturated rings. The number of likely N-dealkylation sites (tertiary alicyclic amines) is 1. The number of fused-ring (bicyclic) bond motifs is 1. The van der Waals surface area contributed by atoms with E-state index in [4.69, 9.17) is 9.47 Å². The fourth-order valence-electron chi connectivity index (χ4n) is 5.89. The van der Waals surface area contributed by atoms with Crippen LogP contribution < -0.4 is 0 Å². The molecule has 194 valence electrons. The number of allylic oxidation sites excluding steroid dienone is 1. The van der Waals surface area contributed by atoms with Crippen molar-refractivity contribution >= 4 is 33.7 Å². The Morgan fingerprint density at radius 3 is 2.69 bits per heavy atom. The Morgan fingerprint density at radius 2 is 2.03 bits per heavy atom. The van der Waals surface area contributed by atoms with E-state index in [0.717, 1.165) is 5.56 Å². The Hall–Kier alpha value is -2.49. The van der Waals surface area contributed by atoms with Crippen molar-refractivity contribution < 1.29 is 29.0 Å². The summed E-state index contributed by atoms with van der Waals surface area (Å²) in [4.78, 5) is 43.8. The van der Waals surface area contributed by atoms with E-state index in [9.17, 15) is 19.5 Å². The number of benzene rings is 1. The number of hydrogen-bond donors (Lipinski definition) is 1. The average molecular weight is 561 g/mol. The third-order valence-corrected chi connectivity index (χ3v) is 8.16. The molecule has 0 radical (unpaired) electrons. The lowest BCUT2D eigenvalue weighted by molar-refractivity contribution is -0.155. The highest BCUT2D eigenvalue weighted by Crippen LogP contribution is 2.60. The fourth-order valence-corrected chi connectivity index (χ4v) is 6.83. The lowest BCUT2D eigenvalue weighted by atomic mass is 9.70. The van der Waals surface area contributed by atoms with Gasteiger partial charge in [0, 0.05) is 24.5 Å². The molecule has 0 saturated carbocycles. The van der Waals surface area contributed by atoms with E-state index in [0.29, 0.717) is 25.8 Å². The van der Waals surface area contributed by atoms with E-state index in [-0.39, 0.29) is 42.9 Å². The minimum Gasteiger partial charge on any atom is -0.465 e. The number of halogens is 1. The molecular weight excluding hydrogens is 528 g/mol. The summed E-state index contributed by atoms with van der Waals surface area (Å²) in [7, 11) is 0. The Balaban J connectivity index is 1.66. The van der Waals surface area contributed by atoms with Crippen molar-refractivity contribution in [3.63, 3.8) is 0 Å². The fraction of sp³-hybridized carbons (Fsp3) is 0.519. The number of aliphatic hydroxyl groups excluding tert-OH is 1. The Kier molecular flexibility index (Phi) is 8.32. The lowest BCUT2D eigenvalue weighted by Gasteiger charge is -2.37. The number of nitrogens with zero attached hydrogens (tertiary/aromatic N) is 2. The van der Waals surface area contributed by atoms with Crippen LogP contribution in [0.1, 0.15) is 24.8 Å². The highest BCUT2D eigenvalue weighted by Gasteiger charge is 2.77. The van der Waals surface area contributed by atoms with Gasteiger partial charge in [0.25, 0.3) is 0 Å². The molecule has 3 aliphatic heterocycles. The highest BCUT2D eigenvalue weighted by atomic mass is 79.9. The van der Waals surface area contributed by atoms with Crippen LogP contribution in [0.2, 0.25) is 0 Å². The molecule has 36 heavy (non-hydrogen) atoms. The molecule has 1 aromatic rings. The van der Waals surface area contributed by atoms with E-state index in [1.165, 1.54) is 4.90 Å².